The lowest BCUT2D eigenvalue weighted by molar-refractivity contribution is 0.205. The zero-order valence-corrected chi connectivity index (χ0v) is 18.7. The predicted octanol–water partition coefficient (Wildman–Crippen LogP) is 4.05. The number of hydrogen-bond donors (Lipinski definition) is 1. The summed E-state index contributed by atoms with van der Waals surface area (Å²) in [7, 11) is -3.83. The summed E-state index contributed by atoms with van der Waals surface area (Å²) in [6.07, 6.45) is 7.37. The van der Waals surface area contributed by atoms with E-state index < -0.39 is 15.7 Å². The molecule has 1 aliphatic rings. The van der Waals surface area contributed by atoms with E-state index in [4.69, 9.17) is 17.3 Å². The number of nitrogens with zero attached hydrogens (tertiary/aromatic N) is 2. The number of thiazole rings is 1. The van der Waals surface area contributed by atoms with Crippen molar-refractivity contribution in [2.24, 2.45) is 5.73 Å². The van der Waals surface area contributed by atoms with E-state index in [0.29, 0.717) is 22.0 Å². The first-order valence-electron chi connectivity index (χ1n) is 9.92. The van der Waals surface area contributed by atoms with Crippen LogP contribution in [0.25, 0.3) is 0 Å². The molecule has 3 rings (SSSR count). The highest BCUT2D eigenvalue weighted by Gasteiger charge is 2.23. The van der Waals surface area contributed by atoms with Gasteiger partial charge in [0, 0.05) is 29.2 Å². The first-order valence-corrected chi connectivity index (χ1v) is 12.8. The fraction of sp³-hybridized carbons (Fsp3) is 0.550. The summed E-state index contributed by atoms with van der Waals surface area (Å²) < 4.78 is 39.6. The lowest BCUT2D eigenvalue weighted by Gasteiger charge is -2.30. The van der Waals surface area contributed by atoms with Gasteiger partial charge in [-0.1, -0.05) is 18.0 Å². The standard InChI is InChI=1S/C20H27ClFN3O2S2/c21-17-12-19(29(26,27)14-20-24-7-10-28-20)18(22)11-15(17)5-2-1-3-8-25-9-4-6-16(23)13-25/h7,10-12,16H,1-6,8-9,13-14,23H2/t16-/m1/s1. The lowest BCUT2D eigenvalue weighted by atomic mass is 10.0. The first kappa shape index (κ1) is 22.6. The van der Waals surface area contributed by atoms with Crippen molar-refractivity contribution in [2.75, 3.05) is 19.6 Å². The van der Waals surface area contributed by atoms with Crippen molar-refractivity contribution in [3.05, 3.63) is 45.1 Å². The van der Waals surface area contributed by atoms with Crippen LogP contribution in [-0.4, -0.2) is 44.0 Å². The molecule has 2 N–H and O–H groups in total. The highest BCUT2D eigenvalue weighted by molar-refractivity contribution is 7.90. The third-order valence-corrected chi connectivity index (χ3v) is 8.15. The Morgan fingerprint density at radius 2 is 2.14 bits per heavy atom. The van der Waals surface area contributed by atoms with E-state index in [9.17, 15) is 12.8 Å². The number of piperidine rings is 1. The van der Waals surface area contributed by atoms with Crippen LogP contribution in [0.5, 0.6) is 0 Å². The minimum atomic E-state index is -3.83. The molecule has 0 spiro atoms. The van der Waals surface area contributed by atoms with Crippen molar-refractivity contribution < 1.29 is 12.8 Å². The summed E-state index contributed by atoms with van der Waals surface area (Å²) in [6, 6.07) is 2.79. The molecule has 1 aromatic heterocycles. The van der Waals surface area contributed by atoms with Gasteiger partial charge >= 0.3 is 0 Å². The molecular weight excluding hydrogens is 433 g/mol. The molecule has 1 atom stereocenters. The number of aromatic nitrogens is 1. The molecule has 0 saturated carbocycles. The van der Waals surface area contributed by atoms with Crippen LogP contribution in [0, 0.1) is 5.82 Å². The monoisotopic (exact) mass is 459 g/mol. The molecule has 1 saturated heterocycles. The topological polar surface area (TPSA) is 76.3 Å². The van der Waals surface area contributed by atoms with Crippen molar-refractivity contribution in [3.8, 4) is 0 Å². The summed E-state index contributed by atoms with van der Waals surface area (Å²) in [5.41, 5.74) is 6.66. The van der Waals surface area contributed by atoms with Crippen molar-refractivity contribution in [1.82, 2.24) is 9.88 Å². The molecular formula is C20H27ClFN3O2S2. The number of benzene rings is 1. The van der Waals surface area contributed by atoms with E-state index in [0.717, 1.165) is 51.7 Å². The molecule has 5 nitrogen and oxygen atoms in total. The van der Waals surface area contributed by atoms with E-state index in [2.05, 4.69) is 9.88 Å². The summed E-state index contributed by atoms with van der Waals surface area (Å²) in [4.78, 5) is 6.01. The Morgan fingerprint density at radius 3 is 2.86 bits per heavy atom. The average molecular weight is 460 g/mol. The van der Waals surface area contributed by atoms with Gasteiger partial charge in [0.25, 0.3) is 0 Å². The third kappa shape index (κ3) is 6.46. The third-order valence-electron chi connectivity index (χ3n) is 5.20. The Kier molecular flexibility index (Phi) is 8.04. The second-order valence-corrected chi connectivity index (χ2v) is 10.9. The number of aryl methyl sites for hydroxylation is 1. The van der Waals surface area contributed by atoms with Crippen LogP contribution in [0.2, 0.25) is 5.02 Å². The minimum absolute atomic E-state index is 0.288. The summed E-state index contributed by atoms with van der Waals surface area (Å²) in [5.74, 6) is -1.07. The van der Waals surface area contributed by atoms with Crippen LogP contribution < -0.4 is 5.73 Å². The SMILES string of the molecule is N[C@@H]1CCCN(CCCCCc2cc(F)c(S(=O)(=O)Cc3nccs3)cc2Cl)C1. The van der Waals surface area contributed by atoms with Gasteiger partial charge in [-0.2, -0.15) is 0 Å². The Bertz CT molecular complexity index is 907. The molecule has 2 heterocycles. The van der Waals surface area contributed by atoms with Gasteiger partial charge in [0.05, 0.1) is 0 Å². The highest BCUT2D eigenvalue weighted by Crippen LogP contribution is 2.28. The molecule has 1 aromatic carbocycles. The van der Waals surface area contributed by atoms with Gasteiger partial charge < -0.3 is 10.6 Å². The Hall–Kier alpha value is -1.06. The van der Waals surface area contributed by atoms with E-state index in [1.807, 2.05) is 0 Å². The van der Waals surface area contributed by atoms with Crippen LogP contribution >= 0.6 is 22.9 Å². The molecule has 29 heavy (non-hydrogen) atoms. The van der Waals surface area contributed by atoms with Crippen molar-refractivity contribution in [2.45, 2.75) is 55.2 Å². The smallest absolute Gasteiger partial charge is 0.187 e. The zero-order valence-electron chi connectivity index (χ0n) is 16.3. The summed E-state index contributed by atoms with van der Waals surface area (Å²) in [5, 5.41) is 2.42. The summed E-state index contributed by atoms with van der Waals surface area (Å²) >= 11 is 7.50. The Morgan fingerprint density at radius 1 is 1.31 bits per heavy atom. The molecule has 0 aliphatic carbocycles. The maximum atomic E-state index is 14.5. The van der Waals surface area contributed by atoms with Crippen molar-refractivity contribution in [3.63, 3.8) is 0 Å². The van der Waals surface area contributed by atoms with Crippen LogP contribution in [-0.2, 0) is 22.0 Å². The zero-order chi connectivity index (χ0) is 20.9. The number of unbranched alkanes of at least 4 members (excludes halogenated alkanes) is 2. The number of sulfone groups is 1. The second-order valence-electron chi connectivity index (χ2n) is 7.57. The molecule has 0 radical (unpaired) electrons. The molecule has 0 amide bonds. The normalized spacial score (nSPS) is 18.2. The number of nitrogens with two attached hydrogens (primary N) is 1. The van der Waals surface area contributed by atoms with Gasteiger partial charge in [-0.25, -0.2) is 17.8 Å². The Balaban J connectivity index is 1.52. The van der Waals surface area contributed by atoms with Crippen LogP contribution in [0.3, 0.4) is 0 Å². The fourth-order valence-corrected chi connectivity index (χ4v) is 6.36. The molecule has 1 fully saturated rings. The van der Waals surface area contributed by atoms with Gasteiger partial charge in [0.2, 0.25) is 0 Å². The van der Waals surface area contributed by atoms with E-state index >= 15 is 0 Å². The Labute approximate surface area is 181 Å². The molecule has 9 heteroatoms. The number of likely N-dealkylation sites (tertiary alicyclic amines) is 1. The molecule has 160 valence electrons. The predicted molar refractivity (Wildman–Crippen MR) is 116 cm³/mol. The van der Waals surface area contributed by atoms with Gasteiger partial charge in [-0.05, 0) is 62.9 Å². The molecule has 0 unspecified atom stereocenters. The van der Waals surface area contributed by atoms with E-state index in [-0.39, 0.29) is 16.7 Å². The second kappa shape index (κ2) is 10.3. The number of halogens is 2. The lowest BCUT2D eigenvalue weighted by Crippen LogP contribution is -2.43. The summed E-state index contributed by atoms with van der Waals surface area (Å²) in [6.45, 7) is 3.11. The molecule has 2 aromatic rings. The highest BCUT2D eigenvalue weighted by atomic mass is 35.5. The van der Waals surface area contributed by atoms with Crippen molar-refractivity contribution >= 4 is 32.8 Å². The average Bonchev–Trinajstić information content (AvgIpc) is 3.16. The quantitative estimate of drug-likeness (QED) is 0.572. The van der Waals surface area contributed by atoms with Gasteiger partial charge in [0.1, 0.15) is 21.5 Å². The van der Waals surface area contributed by atoms with Gasteiger partial charge in [-0.3, -0.25) is 0 Å². The maximum absolute atomic E-state index is 14.5. The van der Waals surface area contributed by atoms with Gasteiger partial charge in [-0.15, -0.1) is 11.3 Å². The number of hydrogen-bond acceptors (Lipinski definition) is 6. The van der Waals surface area contributed by atoms with Crippen molar-refractivity contribution in [1.29, 1.82) is 0 Å². The largest absolute Gasteiger partial charge is 0.327 e. The van der Waals surface area contributed by atoms with E-state index in [1.165, 1.54) is 29.7 Å². The van der Waals surface area contributed by atoms with Crippen LogP contribution in [0.4, 0.5) is 4.39 Å². The van der Waals surface area contributed by atoms with Crippen LogP contribution in [0.1, 0.15) is 42.7 Å². The molecule has 0 bridgehead atoms. The number of rotatable bonds is 9. The molecule has 1 aliphatic heterocycles. The van der Waals surface area contributed by atoms with E-state index in [1.54, 1.807) is 5.38 Å². The first-order chi connectivity index (χ1) is 13.8. The minimum Gasteiger partial charge on any atom is -0.327 e. The van der Waals surface area contributed by atoms with Gasteiger partial charge in [0.15, 0.2) is 9.84 Å². The van der Waals surface area contributed by atoms with Crippen LogP contribution in [0.15, 0.2) is 28.6 Å². The fourth-order valence-electron chi connectivity index (χ4n) is 3.69. The maximum Gasteiger partial charge on any atom is 0.187 e.